The summed E-state index contributed by atoms with van der Waals surface area (Å²) in [5.74, 6) is 1.75. The van der Waals surface area contributed by atoms with Gasteiger partial charge in [0.1, 0.15) is 12.2 Å². The quantitative estimate of drug-likeness (QED) is 0.849. The van der Waals surface area contributed by atoms with Crippen LogP contribution in [0.4, 0.5) is 5.69 Å². The van der Waals surface area contributed by atoms with Gasteiger partial charge in [-0.1, -0.05) is 17.7 Å². The summed E-state index contributed by atoms with van der Waals surface area (Å²) in [5.41, 5.74) is 3.69. The molecular formula is C20H27N5O. The monoisotopic (exact) mass is 353 g/mol. The minimum atomic E-state index is 0.229. The number of rotatable bonds is 3. The number of piperidine rings is 1. The number of benzene rings is 1. The van der Waals surface area contributed by atoms with Gasteiger partial charge in [-0.2, -0.15) is 0 Å². The number of carbonyl (C=O) groups excluding carboxylic acids is 1. The average Bonchev–Trinajstić information content (AvgIpc) is 3.07. The highest BCUT2D eigenvalue weighted by Crippen LogP contribution is 2.29. The first kappa shape index (κ1) is 17.2. The number of hydrogen-bond acceptors (Lipinski definition) is 4. The molecule has 0 aliphatic carbocycles. The summed E-state index contributed by atoms with van der Waals surface area (Å²) >= 11 is 0. The van der Waals surface area contributed by atoms with Crippen LogP contribution in [-0.4, -0.2) is 51.8 Å². The van der Waals surface area contributed by atoms with Gasteiger partial charge in [-0.05, 0) is 57.3 Å². The molecule has 0 atom stereocenters. The summed E-state index contributed by atoms with van der Waals surface area (Å²) in [5, 5.41) is 8.24. The van der Waals surface area contributed by atoms with Crippen LogP contribution in [0.5, 0.6) is 0 Å². The predicted molar refractivity (Wildman–Crippen MR) is 101 cm³/mol. The second kappa shape index (κ2) is 7.19. The number of aryl methyl sites for hydroxylation is 3. The lowest BCUT2D eigenvalue weighted by Gasteiger charge is -2.34. The first-order chi connectivity index (χ1) is 12.6. The maximum atomic E-state index is 12.9. The van der Waals surface area contributed by atoms with Gasteiger partial charge in [-0.3, -0.25) is 9.69 Å². The summed E-state index contributed by atoms with van der Waals surface area (Å²) in [6.07, 6.45) is 5.96. The maximum absolute atomic E-state index is 12.9. The lowest BCUT2D eigenvalue weighted by atomic mass is 9.95. The Labute approximate surface area is 154 Å². The van der Waals surface area contributed by atoms with E-state index in [4.69, 9.17) is 0 Å². The summed E-state index contributed by atoms with van der Waals surface area (Å²) < 4.78 is 2.01. The normalized spacial score (nSPS) is 18.8. The van der Waals surface area contributed by atoms with Crippen molar-refractivity contribution in [1.29, 1.82) is 0 Å². The molecule has 6 nitrogen and oxygen atoms in total. The molecule has 26 heavy (non-hydrogen) atoms. The molecule has 2 aliphatic rings. The first-order valence-electron chi connectivity index (χ1n) is 9.58. The van der Waals surface area contributed by atoms with Crippen LogP contribution in [0, 0.1) is 6.92 Å². The van der Waals surface area contributed by atoms with Gasteiger partial charge in [0, 0.05) is 25.2 Å². The zero-order valence-electron chi connectivity index (χ0n) is 15.7. The van der Waals surface area contributed by atoms with Crippen LogP contribution in [0.25, 0.3) is 0 Å². The van der Waals surface area contributed by atoms with Gasteiger partial charge >= 0.3 is 0 Å². The zero-order chi connectivity index (χ0) is 18.1. The van der Waals surface area contributed by atoms with Crippen LogP contribution in [0.15, 0.2) is 24.5 Å². The minimum absolute atomic E-state index is 0.229. The average molecular weight is 353 g/mol. The van der Waals surface area contributed by atoms with Gasteiger partial charge in [-0.15, -0.1) is 10.2 Å². The van der Waals surface area contributed by atoms with Crippen molar-refractivity contribution >= 4 is 11.6 Å². The predicted octanol–water partition coefficient (Wildman–Crippen LogP) is 2.28. The molecule has 1 aromatic carbocycles. The van der Waals surface area contributed by atoms with Gasteiger partial charge in [-0.25, -0.2) is 0 Å². The van der Waals surface area contributed by atoms with E-state index < -0.39 is 0 Å². The molecule has 0 N–H and O–H groups in total. The molecule has 1 amide bonds. The molecule has 0 bridgehead atoms. The molecule has 4 rings (SSSR count). The number of fused-ring (bicyclic) bond motifs is 1. The lowest BCUT2D eigenvalue weighted by Crippen LogP contribution is -2.45. The van der Waals surface area contributed by atoms with Crippen LogP contribution >= 0.6 is 0 Å². The van der Waals surface area contributed by atoms with E-state index in [0.29, 0.717) is 12.5 Å². The molecular weight excluding hydrogens is 326 g/mol. The number of amides is 1. The topological polar surface area (TPSA) is 54.3 Å². The molecule has 0 spiro atoms. The van der Waals surface area contributed by atoms with Gasteiger partial charge in [0.15, 0.2) is 0 Å². The molecule has 2 aromatic rings. The van der Waals surface area contributed by atoms with Crippen molar-refractivity contribution in [2.24, 2.45) is 7.05 Å². The van der Waals surface area contributed by atoms with Crippen molar-refractivity contribution in [3.63, 3.8) is 0 Å². The molecule has 3 heterocycles. The van der Waals surface area contributed by atoms with E-state index in [0.717, 1.165) is 56.8 Å². The number of likely N-dealkylation sites (tertiary alicyclic amines) is 1. The SMILES string of the molecule is Cc1ccc2c(c1)CCCN2C(=O)CN1CCC(c2nncn2C)CC1. The standard InChI is InChI=1S/C20H27N5O/c1-15-5-6-18-17(12-15)4-3-9-25(18)19(26)13-24-10-7-16(8-11-24)20-22-21-14-23(20)2/h5-6,12,14,16H,3-4,7-11,13H2,1-2H3. The van der Waals surface area contributed by atoms with Gasteiger partial charge in [0.25, 0.3) is 0 Å². The summed E-state index contributed by atoms with van der Waals surface area (Å²) in [4.78, 5) is 17.2. The van der Waals surface area contributed by atoms with Crippen LogP contribution in [0.2, 0.25) is 0 Å². The Morgan fingerprint density at radius 2 is 2.04 bits per heavy atom. The Morgan fingerprint density at radius 1 is 1.23 bits per heavy atom. The Balaban J connectivity index is 1.37. The van der Waals surface area contributed by atoms with E-state index >= 15 is 0 Å². The summed E-state index contributed by atoms with van der Waals surface area (Å²) in [6, 6.07) is 6.44. The van der Waals surface area contributed by atoms with Crippen molar-refractivity contribution in [3.8, 4) is 0 Å². The van der Waals surface area contributed by atoms with Crippen LogP contribution in [-0.2, 0) is 18.3 Å². The third kappa shape index (κ3) is 3.38. The molecule has 138 valence electrons. The van der Waals surface area contributed by atoms with Gasteiger partial charge in [0.2, 0.25) is 5.91 Å². The molecule has 1 saturated heterocycles. The van der Waals surface area contributed by atoms with Crippen molar-refractivity contribution < 1.29 is 4.79 Å². The highest BCUT2D eigenvalue weighted by atomic mass is 16.2. The smallest absolute Gasteiger partial charge is 0.241 e. The number of anilines is 1. The van der Waals surface area contributed by atoms with Crippen molar-refractivity contribution in [3.05, 3.63) is 41.5 Å². The molecule has 2 aliphatic heterocycles. The molecule has 0 radical (unpaired) electrons. The highest BCUT2D eigenvalue weighted by Gasteiger charge is 2.28. The highest BCUT2D eigenvalue weighted by molar-refractivity contribution is 5.96. The van der Waals surface area contributed by atoms with Crippen LogP contribution in [0.3, 0.4) is 0 Å². The Morgan fingerprint density at radius 3 is 2.77 bits per heavy atom. The molecule has 0 saturated carbocycles. The number of aromatic nitrogens is 3. The molecule has 0 unspecified atom stereocenters. The van der Waals surface area contributed by atoms with Crippen LogP contribution < -0.4 is 4.90 Å². The van der Waals surface area contributed by atoms with E-state index in [-0.39, 0.29) is 5.91 Å². The largest absolute Gasteiger partial charge is 0.320 e. The minimum Gasteiger partial charge on any atom is -0.320 e. The second-order valence-electron chi connectivity index (χ2n) is 7.63. The molecule has 6 heteroatoms. The van der Waals surface area contributed by atoms with Gasteiger partial charge in [0.05, 0.1) is 6.54 Å². The number of hydrogen-bond donors (Lipinski definition) is 0. The van der Waals surface area contributed by atoms with E-state index in [1.165, 1.54) is 11.1 Å². The van der Waals surface area contributed by atoms with Crippen LogP contribution in [0.1, 0.15) is 42.1 Å². The van der Waals surface area contributed by atoms with E-state index in [1.807, 2.05) is 16.5 Å². The zero-order valence-corrected chi connectivity index (χ0v) is 15.7. The fourth-order valence-electron chi connectivity index (χ4n) is 4.27. The third-order valence-electron chi connectivity index (χ3n) is 5.71. The van der Waals surface area contributed by atoms with Crippen molar-refractivity contribution in [2.45, 2.75) is 38.5 Å². The Bertz CT molecular complexity index is 791. The van der Waals surface area contributed by atoms with Crippen molar-refractivity contribution in [1.82, 2.24) is 19.7 Å². The number of nitrogens with zero attached hydrogens (tertiary/aromatic N) is 5. The lowest BCUT2D eigenvalue weighted by molar-refractivity contribution is -0.120. The molecule has 1 fully saturated rings. The summed E-state index contributed by atoms with van der Waals surface area (Å²) in [7, 11) is 2.00. The summed E-state index contributed by atoms with van der Waals surface area (Å²) in [6.45, 7) is 5.35. The Hall–Kier alpha value is -2.21. The fourth-order valence-corrected chi connectivity index (χ4v) is 4.27. The second-order valence-corrected chi connectivity index (χ2v) is 7.63. The van der Waals surface area contributed by atoms with Crippen molar-refractivity contribution in [2.75, 3.05) is 31.1 Å². The number of carbonyl (C=O) groups is 1. The Kier molecular flexibility index (Phi) is 4.76. The van der Waals surface area contributed by atoms with Gasteiger partial charge < -0.3 is 9.47 Å². The fraction of sp³-hybridized carbons (Fsp3) is 0.550. The first-order valence-corrected chi connectivity index (χ1v) is 9.58. The third-order valence-corrected chi connectivity index (χ3v) is 5.71. The van der Waals surface area contributed by atoms with E-state index in [2.05, 4.69) is 40.2 Å². The van der Waals surface area contributed by atoms with E-state index in [1.54, 1.807) is 6.33 Å². The maximum Gasteiger partial charge on any atom is 0.241 e. The van der Waals surface area contributed by atoms with E-state index in [9.17, 15) is 4.79 Å². The molecule has 1 aromatic heterocycles.